The molecule has 2 rings (SSSR count). The zero-order chi connectivity index (χ0) is 20.7. The molecule has 28 heavy (non-hydrogen) atoms. The molecule has 0 heterocycles. The second-order valence-corrected chi connectivity index (χ2v) is 5.61. The van der Waals surface area contributed by atoms with Gasteiger partial charge in [0.2, 0.25) is 5.91 Å². The Morgan fingerprint density at radius 2 is 1.68 bits per heavy atom. The van der Waals surface area contributed by atoms with E-state index in [0.29, 0.717) is 5.69 Å². The van der Waals surface area contributed by atoms with Crippen LogP contribution in [0.4, 0.5) is 18.9 Å². The van der Waals surface area contributed by atoms with E-state index >= 15 is 0 Å². The zero-order valence-electron chi connectivity index (χ0n) is 14.8. The summed E-state index contributed by atoms with van der Waals surface area (Å²) in [6.45, 7) is 1.48. The van der Waals surface area contributed by atoms with Crippen molar-refractivity contribution < 1.29 is 32.3 Å². The number of benzene rings is 2. The van der Waals surface area contributed by atoms with Crippen molar-refractivity contribution in [3.05, 3.63) is 65.2 Å². The van der Waals surface area contributed by atoms with E-state index in [4.69, 9.17) is 4.74 Å². The fourth-order valence-corrected chi connectivity index (χ4v) is 2.22. The Morgan fingerprint density at radius 3 is 2.29 bits per heavy atom. The molecule has 2 N–H and O–H groups in total. The fourth-order valence-electron chi connectivity index (χ4n) is 2.22. The summed E-state index contributed by atoms with van der Waals surface area (Å²) in [5.74, 6) is -1.79. The molecule has 0 saturated heterocycles. The molecule has 0 aliphatic heterocycles. The summed E-state index contributed by atoms with van der Waals surface area (Å²) in [4.78, 5) is 35.6. The fraction of sp³-hybridized carbons (Fsp3) is 0.211. The first kappa shape index (κ1) is 20.9. The smallest absolute Gasteiger partial charge is 0.416 e. The van der Waals surface area contributed by atoms with Gasteiger partial charge in [0.25, 0.3) is 5.91 Å². The molecule has 0 atom stereocenters. The number of carbonyl (C=O) groups excluding carboxylic acids is 3. The number of ether oxygens (including phenoxy) is 1. The average Bonchev–Trinajstić information content (AvgIpc) is 2.66. The van der Waals surface area contributed by atoms with Gasteiger partial charge >= 0.3 is 12.1 Å². The van der Waals surface area contributed by atoms with Gasteiger partial charge in [0, 0.05) is 11.3 Å². The molecule has 9 heteroatoms. The summed E-state index contributed by atoms with van der Waals surface area (Å²) in [5.41, 5.74) is -0.291. The third kappa shape index (κ3) is 5.83. The van der Waals surface area contributed by atoms with E-state index in [1.807, 2.05) is 0 Å². The number of alkyl halides is 3. The lowest BCUT2D eigenvalue weighted by Crippen LogP contribution is -2.32. The standard InChI is InChI=1S/C19H17F3N2O4/c1-2-28-18(27)13-4-3-5-15(10-13)24-16(25)11-23-17(26)12-6-8-14(9-7-12)19(20,21)22/h3-10H,2,11H2,1H3,(H,23,26)(H,24,25). The first-order valence-electron chi connectivity index (χ1n) is 8.23. The summed E-state index contributed by atoms with van der Waals surface area (Å²) in [6, 6.07) is 9.69. The molecule has 6 nitrogen and oxygen atoms in total. The molecule has 0 radical (unpaired) electrons. The van der Waals surface area contributed by atoms with Crippen LogP contribution in [0.1, 0.15) is 33.2 Å². The maximum absolute atomic E-state index is 12.5. The van der Waals surface area contributed by atoms with E-state index in [0.717, 1.165) is 24.3 Å². The Labute approximate surface area is 158 Å². The van der Waals surface area contributed by atoms with Crippen LogP contribution in [0.25, 0.3) is 0 Å². The lowest BCUT2D eigenvalue weighted by Gasteiger charge is -2.09. The van der Waals surface area contributed by atoms with E-state index < -0.39 is 36.1 Å². The third-order valence-corrected chi connectivity index (χ3v) is 3.54. The maximum Gasteiger partial charge on any atom is 0.416 e. The second kappa shape index (κ2) is 9.03. The monoisotopic (exact) mass is 394 g/mol. The minimum atomic E-state index is -4.49. The molecule has 0 aromatic heterocycles. The van der Waals surface area contributed by atoms with Crippen molar-refractivity contribution in [3.63, 3.8) is 0 Å². The molecule has 0 saturated carbocycles. The quantitative estimate of drug-likeness (QED) is 0.737. The highest BCUT2D eigenvalue weighted by Gasteiger charge is 2.30. The van der Waals surface area contributed by atoms with Crippen molar-refractivity contribution in [1.82, 2.24) is 5.32 Å². The first-order chi connectivity index (χ1) is 13.2. The number of nitrogens with one attached hydrogen (secondary N) is 2. The molecule has 0 spiro atoms. The van der Waals surface area contributed by atoms with Crippen LogP contribution >= 0.6 is 0 Å². The number of hydrogen-bond donors (Lipinski definition) is 2. The highest BCUT2D eigenvalue weighted by Crippen LogP contribution is 2.29. The molecular formula is C19H17F3N2O4. The molecule has 0 unspecified atom stereocenters. The predicted octanol–water partition coefficient (Wildman–Crippen LogP) is 3.25. The van der Waals surface area contributed by atoms with Crippen LogP contribution < -0.4 is 10.6 Å². The minimum absolute atomic E-state index is 0.00916. The molecule has 148 valence electrons. The topological polar surface area (TPSA) is 84.5 Å². The van der Waals surface area contributed by atoms with Gasteiger partial charge in [-0.15, -0.1) is 0 Å². The van der Waals surface area contributed by atoms with Gasteiger partial charge in [-0.1, -0.05) is 6.07 Å². The van der Waals surface area contributed by atoms with E-state index in [2.05, 4.69) is 10.6 Å². The van der Waals surface area contributed by atoms with Gasteiger partial charge in [-0.25, -0.2) is 4.79 Å². The van der Waals surface area contributed by atoms with Gasteiger partial charge in [0.05, 0.1) is 24.3 Å². The number of hydrogen-bond acceptors (Lipinski definition) is 4. The number of esters is 1. The molecule has 0 aliphatic rings. The van der Waals surface area contributed by atoms with E-state index in [1.165, 1.54) is 12.1 Å². The summed E-state index contributed by atoms with van der Waals surface area (Å²) in [6.07, 6.45) is -4.49. The van der Waals surface area contributed by atoms with Crippen LogP contribution in [0.5, 0.6) is 0 Å². The Morgan fingerprint density at radius 1 is 1.00 bits per heavy atom. The SMILES string of the molecule is CCOC(=O)c1cccc(NC(=O)CNC(=O)c2ccc(C(F)(F)F)cc2)c1. The molecule has 2 aromatic rings. The van der Waals surface area contributed by atoms with Crippen LogP contribution in [-0.2, 0) is 15.7 Å². The van der Waals surface area contributed by atoms with Crippen LogP contribution in [0.3, 0.4) is 0 Å². The summed E-state index contributed by atoms with van der Waals surface area (Å²) in [7, 11) is 0. The Balaban J connectivity index is 1.91. The zero-order valence-corrected chi connectivity index (χ0v) is 14.8. The highest BCUT2D eigenvalue weighted by atomic mass is 19.4. The lowest BCUT2D eigenvalue weighted by molar-refractivity contribution is -0.137. The summed E-state index contributed by atoms with van der Waals surface area (Å²) < 4.78 is 42.4. The Kier molecular flexibility index (Phi) is 6.75. The van der Waals surface area contributed by atoms with E-state index in [9.17, 15) is 27.6 Å². The Bertz CT molecular complexity index is 864. The minimum Gasteiger partial charge on any atom is -0.462 e. The number of anilines is 1. The highest BCUT2D eigenvalue weighted by molar-refractivity contribution is 6.00. The van der Waals surface area contributed by atoms with Gasteiger partial charge in [0.1, 0.15) is 0 Å². The van der Waals surface area contributed by atoms with Crippen LogP contribution in [0.15, 0.2) is 48.5 Å². The van der Waals surface area contributed by atoms with Crippen molar-refractivity contribution in [2.75, 3.05) is 18.5 Å². The molecule has 0 bridgehead atoms. The van der Waals surface area contributed by atoms with Gasteiger partial charge in [0.15, 0.2) is 0 Å². The molecule has 2 amide bonds. The molecular weight excluding hydrogens is 377 g/mol. The second-order valence-electron chi connectivity index (χ2n) is 5.61. The number of carbonyl (C=O) groups is 3. The number of rotatable bonds is 6. The van der Waals surface area contributed by atoms with Crippen molar-refractivity contribution >= 4 is 23.5 Å². The lowest BCUT2D eigenvalue weighted by atomic mass is 10.1. The number of halogens is 3. The summed E-state index contributed by atoms with van der Waals surface area (Å²) >= 11 is 0. The van der Waals surface area contributed by atoms with Crippen molar-refractivity contribution in [2.45, 2.75) is 13.1 Å². The normalized spacial score (nSPS) is 10.9. The molecule has 0 fully saturated rings. The average molecular weight is 394 g/mol. The van der Waals surface area contributed by atoms with Crippen molar-refractivity contribution in [2.24, 2.45) is 0 Å². The molecule has 2 aromatic carbocycles. The van der Waals surface area contributed by atoms with Gasteiger partial charge in [-0.3, -0.25) is 9.59 Å². The van der Waals surface area contributed by atoms with Crippen molar-refractivity contribution in [3.8, 4) is 0 Å². The maximum atomic E-state index is 12.5. The Hall–Kier alpha value is -3.36. The molecule has 0 aliphatic carbocycles. The third-order valence-electron chi connectivity index (χ3n) is 3.54. The van der Waals surface area contributed by atoms with Gasteiger partial charge in [-0.2, -0.15) is 13.2 Å². The summed E-state index contributed by atoms with van der Waals surface area (Å²) in [5, 5.41) is 4.82. The van der Waals surface area contributed by atoms with E-state index in [1.54, 1.807) is 19.1 Å². The van der Waals surface area contributed by atoms with E-state index in [-0.39, 0.29) is 17.7 Å². The van der Waals surface area contributed by atoms with Gasteiger partial charge < -0.3 is 15.4 Å². The number of amides is 2. The van der Waals surface area contributed by atoms with Crippen LogP contribution in [0.2, 0.25) is 0 Å². The van der Waals surface area contributed by atoms with Crippen LogP contribution in [0, 0.1) is 0 Å². The van der Waals surface area contributed by atoms with Gasteiger partial charge in [-0.05, 0) is 49.4 Å². The largest absolute Gasteiger partial charge is 0.462 e. The van der Waals surface area contributed by atoms with Crippen molar-refractivity contribution in [1.29, 1.82) is 0 Å². The van der Waals surface area contributed by atoms with Crippen LogP contribution in [-0.4, -0.2) is 30.9 Å². The predicted molar refractivity (Wildman–Crippen MR) is 94.8 cm³/mol. The first-order valence-corrected chi connectivity index (χ1v) is 8.23.